The van der Waals surface area contributed by atoms with Crippen LogP contribution >= 0.6 is 15.9 Å². The van der Waals surface area contributed by atoms with E-state index in [1.165, 1.54) is 12.0 Å². The Bertz CT molecular complexity index is 525. The molecule has 1 amide bonds. The molecule has 1 saturated carbocycles. The van der Waals surface area contributed by atoms with Crippen molar-refractivity contribution in [3.8, 4) is 0 Å². The predicted octanol–water partition coefficient (Wildman–Crippen LogP) is 2.37. The number of ether oxygens (including phenoxy) is 1. The minimum Gasteiger partial charge on any atom is -0.378 e. The van der Waals surface area contributed by atoms with Gasteiger partial charge in [0.1, 0.15) is 0 Å². The second kappa shape index (κ2) is 7.11. The number of hydrogen-bond donors (Lipinski definition) is 2. The Labute approximate surface area is 140 Å². The molecule has 2 aliphatic rings. The van der Waals surface area contributed by atoms with Gasteiger partial charge in [0.2, 0.25) is 5.91 Å². The number of nitrogens with one attached hydrogen (secondary N) is 2. The van der Waals surface area contributed by atoms with Crippen molar-refractivity contribution in [3.05, 3.63) is 34.3 Å². The lowest BCUT2D eigenvalue weighted by Crippen LogP contribution is -2.48. The van der Waals surface area contributed by atoms with E-state index in [2.05, 4.69) is 44.8 Å². The quantitative estimate of drug-likeness (QED) is 0.840. The van der Waals surface area contributed by atoms with Crippen LogP contribution in [0.4, 0.5) is 0 Å². The van der Waals surface area contributed by atoms with Gasteiger partial charge in [-0.3, -0.25) is 4.79 Å². The summed E-state index contributed by atoms with van der Waals surface area (Å²) >= 11 is 3.54. The highest BCUT2D eigenvalue weighted by molar-refractivity contribution is 9.10. The van der Waals surface area contributed by atoms with Crippen molar-refractivity contribution in [2.45, 2.75) is 37.1 Å². The third kappa shape index (κ3) is 3.70. The molecule has 0 spiro atoms. The van der Waals surface area contributed by atoms with Crippen LogP contribution in [-0.4, -0.2) is 38.3 Å². The van der Waals surface area contributed by atoms with Gasteiger partial charge in [0.25, 0.3) is 0 Å². The number of morpholine rings is 1. The fraction of sp³-hybridized carbons (Fsp3) is 0.588. The SMILES string of the molecule is O=C(CC1COCCN1)NCC1(c2cccc(Br)c2)CCC1. The summed E-state index contributed by atoms with van der Waals surface area (Å²) in [7, 11) is 0. The first-order valence-corrected chi connectivity index (χ1v) is 8.81. The van der Waals surface area contributed by atoms with Crippen LogP contribution in [0.1, 0.15) is 31.2 Å². The zero-order chi connectivity index (χ0) is 15.4. The molecule has 5 heteroatoms. The first-order valence-electron chi connectivity index (χ1n) is 8.02. The number of amides is 1. The molecular weight excluding hydrogens is 344 g/mol. The number of benzene rings is 1. The highest BCUT2D eigenvalue weighted by Gasteiger charge is 2.39. The number of rotatable bonds is 5. The van der Waals surface area contributed by atoms with E-state index in [-0.39, 0.29) is 17.4 Å². The Morgan fingerprint density at radius 1 is 1.45 bits per heavy atom. The van der Waals surface area contributed by atoms with Gasteiger partial charge in [-0.15, -0.1) is 0 Å². The van der Waals surface area contributed by atoms with Crippen molar-refractivity contribution < 1.29 is 9.53 Å². The van der Waals surface area contributed by atoms with E-state index in [1.807, 2.05) is 6.07 Å². The molecule has 1 aromatic carbocycles. The van der Waals surface area contributed by atoms with Crippen LogP contribution in [0.25, 0.3) is 0 Å². The molecule has 1 heterocycles. The molecule has 22 heavy (non-hydrogen) atoms. The Morgan fingerprint density at radius 2 is 2.32 bits per heavy atom. The van der Waals surface area contributed by atoms with E-state index >= 15 is 0 Å². The molecule has 4 nitrogen and oxygen atoms in total. The summed E-state index contributed by atoms with van der Waals surface area (Å²) in [4.78, 5) is 12.2. The lowest BCUT2D eigenvalue weighted by Gasteiger charge is -2.42. The van der Waals surface area contributed by atoms with Crippen LogP contribution in [0.15, 0.2) is 28.7 Å². The van der Waals surface area contributed by atoms with Crippen LogP contribution in [0.5, 0.6) is 0 Å². The number of carbonyl (C=O) groups excluding carboxylic acids is 1. The minimum atomic E-state index is 0.115. The molecule has 2 fully saturated rings. The van der Waals surface area contributed by atoms with E-state index in [4.69, 9.17) is 4.74 Å². The van der Waals surface area contributed by atoms with Gasteiger partial charge in [0.05, 0.1) is 13.2 Å². The predicted molar refractivity (Wildman–Crippen MR) is 89.9 cm³/mol. The Kier molecular flexibility index (Phi) is 5.16. The first kappa shape index (κ1) is 16.0. The average molecular weight is 367 g/mol. The van der Waals surface area contributed by atoms with E-state index in [9.17, 15) is 4.79 Å². The molecule has 1 saturated heterocycles. The highest BCUT2D eigenvalue weighted by atomic mass is 79.9. The Balaban J connectivity index is 1.55. The molecule has 1 atom stereocenters. The summed E-state index contributed by atoms with van der Waals surface area (Å²) in [6.07, 6.45) is 4.03. The summed E-state index contributed by atoms with van der Waals surface area (Å²) in [5.41, 5.74) is 1.45. The Morgan fingerprint density at radius 3 is 2.95 bits per heavy atom. The normalized spacial score (nSPS) is 23.6. The van der Waals surface area contributed by atoms with E-state index in [1.54, 1.807) is 0 Å². The van der Waals surface area contributed by atoms with Gasteiger partial charge < -0.3 is 15.4 Å². The fourth-order valence-electron chi connectivity index (χ4n) is 3.30. The Hall–Kier alpha value is -0.910. The van der Waals surface area contributed by atoms with Gasteiger partial charge in [-0.05, 0) is 30.5 Å². The number of halogens is 1. The standard InChI is InChI=1S/C17H23BrN2O2/c18-14-4-1-3-13(9-14)17(5-2-6-17)12-20-16(21)10-15-11-22-8-7-19-15/h1,3-4,9,15,19H,2,5-8,10-12H2,(H,20,21). The van der Waals surface area contributed by atoms with Crippen molar-refractivity contribution in [2.75, 3.05) is 26.3 Å². The van der Waals surface area contributed by atoms with Gasteiger partial charge in [-0.25, -0.2) is 0 Å². The van der Waals surface area contributed by atoms with Crippen LogP contribution < -0.4 is 10.6 Å². The minimum absolute atomic E-state index is 0.115. The topological polar surface area (TPSA) is 50.4 Å². The zero-order valence-electron chi connectivity index (χ0n) is 12.7. The fourth-order valence-corrected chi connectivity index (χ4v) is 3.70. The molecule has 1 aromatic rings. The van der Waals surface area contributed by atoms with Gasteiger partial charge in [-0.2, -0.15) is 0 Å². The molecule has 3 rings (SSSR count). The molecule has 1 aliphatic heterocycles. The van der Waals surface area contributed by atoms with Gasteiger partial charge >= 0.3 is 0 Å². The van der Waals surface area contributed by atoms with Crippen molar-refractivity contribution in [3.63, 3.8) is 0 Å². The second-order valence-electron chi connectivity index (χ2n) is 6.35. The number of carbonyl (C=O) groups is 1. The van der Waals surface area contributed by atoms with Crippen LogP contribution in [0.2, 0.25) is 0 Å². The van der Waals surface area contributed by atoms with Crippen LogP contribution in [0, 0.1) is 0 Å². The monoisotopic (exact) mass is 366 g/mol. The highest BCUT2D eigenvalue weighted by Crippen LogP contribution is 2.43. The molecule has 120 valence electrons. The maximum Gasteiger partial charge on any atom is 0.221 e. The lowest BCUT2D eigenvalue weighted by atomic mass is 9.64. The van der Waals surface area contributed by atoms with Crippen molar-refractivity contribution in [1.29, 1.82) is 0 Å². The summed E-state index contributed by atoms with van der Waals surface area (Å²) in [5.74, 6) is 0.115. The van der Waals surface area contributed by atoms with Crippen LogP contribution in [-0.2, 0) is 14.9 Å². The van der Waals surface area contributed by atoms with E-state index in [0.717, 1.165) is 37.0 Å². The van der Waals surface area contributed by atoms with E-state index < -0.39 is 0 Å². The average Bonchev–Trinajstić information content (AvgIpc) is 2.47. The molecule has 1 aliphatic carbocycles. The smallest absolute Gasteiger partial charge is 0.221 e. The maximum absolute atomic E-state index is 12.2. The molecular formula is C17H23BrN2O2. The third-order valence-electron chi connectivity index (χ3n) is 4.80. The zero-order valence-corrected chi connectivity index (χ0v) is 14.3. The van der Waals surface area contributed by atoms with Crippen LogP contribution in [0.3, 0.4) is 0 Å². The number of hydrogen-bond acceptors (Lipinski definition) is 3. The third-order valence-corrected chi connectivity index (χ3v) is 5.30. The molecule has 2 N–H and O–H groups in total. The van der Waals surface area contributed by atoms with Gasteiger partial charge in [0, 0.05) is 35.4 Å². The molecule has 0 radical (unpaired) electrons. The summed E-state index contributed by atoms with van der Waals surface area (Å²) in [5, 5.41) is 6.46. The largest absolute Gasteiger partial charge is 0.378 e. The van der Waals surface area contributed by atoms with Gasteiger partial charge in [0.15, 0.2) is 0 Å². The van der Waals surface area contributed by atoms with E-state index in [0.29, 0.717) is 13.0 Å². The lowest BCUT2D eigenvalue weighted by molar-refractivity contribution is -0.122. The molecule has 0 bridgehead atoms. The summed E-state index contributed by atoms with van der Waals surface area (Å²) in [6.45, 7) is 2.93. The second-order valence-corrected chi connectivity index (χ2v) is 7.27. The van der Waals surface area contributed by atoms with Crippen molar-refractivity contribution >= 4 is 21.8 Å². The molecule has 0 aromatic heterocycles. The maximum atomic E-state index is 12.2. The summed E-state index contributed by atoms with van der Waals surface area (Å²) in [6, 6.07) is 8.62. The first-order chi connectivity index (χ1) is 10.7. The van der Waals surface area contributed by atoms with Crippen molar-refractivity contribution in [2.24, 2.45) is 0 Å². The van der Waals surface area contributed by atoms with Crippen molar-refractivity contribution in [1.82, 2.24) is 10.6 Å². The summed E-state index contributed by atoms with van der Waals surface area (Å²) < 4.78 is 6.50. The molecule has 1 unspecified atom stereocenters. The van der Waals surface area contributed by atoms with Gasteiger partial charge in [-0.1, -0.05) is 34.5 Å².